The van der Waals surface area contributed by atoms with Crippen LogP contribution in [-0.2, 0) is 6.42 Å². The fraction of sp³-hybridized carbons (Fsp3) is 0.500. The molecule has 66 valence electrons. The summed E-state index contributed by atoms with van der Waals surface area (Å²) in [6, 6.07) is 1.95. The normalized spacial score (nSPS) is 11.7. The van der Waals surface area contributed by atoms with Crippen LogP contribution in [0.5, 0.6) is 0 Å². The second-order valence-corrected chi connectivity index (χ2v) is 3.79. The van der Waals surface area contributed by atoms with Gasteiger partial charge in [-0.05, 0) is 38.0 Å². The Hall–Kier alpha value is -0.890. The summed E-state index contributed by atoms with van der Waals surface area (Å²) in [5, 5.41) is 9.58. The third-order valence-corrected chi connectivity index (χ3v) is 1.76. The van der Waals surface area contributed by atoms with E-state index in [0.717, 1.165) is 11.1 Å². The first-order chi connectivity index (χ1) is 5.49. The van der Waals surface area contributed by atoms with Gasteiger partial charge in [-0.1, -0.05) is 0 Å². The van der Waals surface area contributed by atoms with E-state index in [1.807, 2.05) is 33.0 Å². The molecule has 1 aromatic heterocycles. The van der Waals surface area contributed by atoms with Gasteiger partial charge < -0.3 is 5.11 Å². The van der Waals surface area contributed by atoms with Crippen LogP contribution in [0.3, 0.4) is 0 Å². The molecule has 2 heteroatoms. The fourth-order valence-electron chi connectivity index (χ4n) is 1.17. The summed E-state index contributed by atoms with van der Waals surface area (Å²) in [5.74, 6) is 0. The molecule has 0 aliphatic carbocycles. The van der Waals surface area contributed by atoms with E-state index in [0.29, 0.717) is 6.42 Å². The van der Waals surface area contributed by atoms with Gasteiger partial charge in [0.25, 0.3) is 0 Å². The number of rotatable bonds is 2. The molecule has 0 radical (unpaired) electrons. The fourth-order valence-corrected chi connectivity index (χ4v) is 1.17. The van der Waals surface area contributed by atoms with Gasteiger partial charge in [-0.2, -0.15) is 0 Å². The number of nitrogens with zero attached hydrogens (tertiary/aromatic N) is 1. The minimum Gasteiger partial charge on any atom is -0.390 e. The van der Waals surface area contributed by atoms with Gasteiger partial charge in [0.05, 0.1) is 5.60 Å². The maximum absolute atomic E-state index is 9.58. The molecule has 2 nitrogen and oxygen atoms in total. The monoisotopic (exact) mass is 165 g/mol. The quantitative estimate of drug-likeness (QED) is 0.723. The van der Waals surface area contributed by atoms with Crippen molar-refractivity contribution in [2.24, 2.45) is 0 Å². The van der Waals surface area contributed by atoms with Gasteiger partial charge in [0.2, 0.25) is 0 Å². The van der Waals surface area contributed by atoms with E-state index in [1.165, 1.54) is 0 Å². The molecular formula is C10H15NO. The van der Waals surface area contributed by atoms with Crippen LogP contribution in [0.4, 0.5) is 0 Å². The Morgan fingerprint density at radius 2 is 2.17 bits per heavy atom. The van der Waals surface area contributed by atoms with Crippen molar-refractivity contribution in [3.63, 3.8) is 0 Å². The highest BCUT2D eigenvalue weighted by atomic mass is 16.3. The molecular weight excluding hydrogens is 150 g/mol. The molecule has 0 bridgehead atoms. The molecule has 0 atom stereocenters. The highest BCUT2D eigenvalue weighted by Crippen LogP contribution is 2.14. The van der Waals surface area contributed by atoms with Crippen molar-refractivity contribution in [1.82, 2.24) is 4.98 Å². The average Bonchev–Trinajstić information content (AvgIpc) is 1.91. The van der Waals surface area contributed by atoms with Crippen molar-refractivity contribution in [2.45, 2.75) is 32.8 Å². The second-order valence-electron chi connectivity index (χ2n) is 3.79. The molecule has 1 aromatic rings. The topological polar surface area (TPSA) is 33.1 Å². The number of hydrogen-bond donors (Lipinski definition) is 1. The van der Waals surface area contributed by atoms with Gasteiger partial charge in [-0.3, -0.25) is 4.98 Å². The van der Waals surface area contributed by atoms with E-state index in [4.69, 9.17) is 0 Å². The molecule has 0 fully saturated rings. The second kappa shape index (κ2) is 3.23. The smallest absolute Gasteiger partial charge is 0.0632 e. The lowest BCUT2D eigenvalue weighted by molar-refractivity contribution is 0.0808. The Morgan fingerprint density at radius 3 is 2.67 bits per heavy atom. The van der Waals surface area contributed by atoms with E-state index < -0.39 is 5.60 Å². The van der Waals surface area contributed by atoms with Crippen LogP contribution in [0, 0.1) is 6.92 Å². The summed E-state index contributed by atoms with van der Waals surface area (Å²) in [5.41, 5.74) is 1.67. The minimum absolute atomic E-state index is 0.633. The summed E-state index contributed by atoms with van der Waals surface area (Å²) >= 11 is 0. The molecule has 1 heterocycles. The lowest BCUT2D eigenvalue weighted by Crippen LogP contribution is -2.22. The standard InChI is InChI=1S/C10H15NO/c1-8-7-11-5-4-9(8)6-10(2,3)12/h4-5,7,12H,6H2,1-3H3. The van der Waals surface area contributed by atoms with E-state index in [9.17, 15) is 5.11 Å². The van der Waals surface area contributed by atoms with Gasteiger partial charge in [-0.15, -0.1) is 0 Å². The first-order valence-electron chi connectivity index (χ1n) is 4.11. The van der Waals surface area contributed by atoms with Crippen LogP contribution in [0.2, 0.25) is 0 Å². The Labute approximate surface area is 73.3 Å². The molecule has 0 saturated heterocycles. The number of pyridine rings is 1. The van der Waals surface area contributed by atoms with Crippen molar-refractivity contribution in [1.29, 1.82) is 0 Å². The SMILES string of the molecule is Cc1cnccc1CC(C)(C)O. The third-order valence-electron chi connectivity index (χ3n) is 1.76. The van der Waals surface area contributed by atoms with Crippen LogP contribution in [0.15, 0.2) is 18.5 Å². The molecule has 0 saturated carbocycles. The van der Waals surface area contributed by atoms with Crippen molar-refractivity contribution < 1.29 is 5.11 Å². The van der Waals surface area contributed by atoms with Crippen LogP contribution in [-0.4, -0.2) is 15.7 Å². The number of aromatic nitrogens is 1. The van der Waals surface area contributed by atoms with Crippen LogP contribution in [0.25, 0.3) is 0 Å². The van der Waals surface area contributed by atoms with E-state index in [-0.39, 0.29) is 0 Å². The van der Waals surface area contributed by atoms with Crippen LogP contribution >= 0.6 is 0 Å². The Balaban J connectivity index is 2.83. The summed E-state index contributed by atoms with van der Waals surface area (Å²) in [4.78, 5) is 3.99. The molecule has 0 aromatic carbocycles. The first kappa shape index (κ1) is 9.20. The summed E-state index contributed by atoms with van der Waals surface area (Å²) in [6.07, 6.45) is 4.26. The molecule has 0 amide bonds. The zero-order chi connectivity index (χ0) is 9.19. The van der Waals surface area contributed by atoms with E-state index in [1.54, 1.807) is 6.20 Å². The number of hydrogen-bond acceptors (Lipinski definition) is 2. The zero-order valence-electron chi connectivity index (χ0n) is 7.83. The summed E-state index contributed by atoms with van der Waals surface area (Å²) in [6.45, 7) is 5.63. The maximum atomic E-state index is 9.58. The lowest BCUT2D eigenvalue weighted by atomic mass is 9.97. The molecule has 0 aliphatic rings. The predicted octanol–water partition coefficient (Wildman–Crippen LogP) is 1.70. The van der Waals surface area contributed by atoms with Crippen molar-refractivity contribution in [3.8, 4) is 0 Å². The minimum atomic E-state index is -0.633. The van der Waals surface area contributed by atoms with Gasteiger partial charge in [-0.25, -0.2) is 0 Å². The van der Waals surface area contributed by atoms with Gasteiger partial charge in [0.1, 0.15) is 0 Å². The van der Waals surface area contributed by atoms with Gasteiger partial charge >= 0.3 is 0 Å². The largest absolute Gasteiger partial charge is 0.390 e. The van der Waals surface area contributed by atoms with Gasteiger partial charge in [0, 0.05) is 18.8 Å². The highest BCUT2D eigenvalue weighted by Gasteiger charge is 2.14. The summed E-state index contributed by atoms with van der Waals surface area (Å²) in [7, 11) is 0. The predicted molar refractivity (Wildman–Crippen MR) is 49.0 cm³/mol. The van der Waals surface area contributed by atoms with Crippen molar-refractivity contribution >= 4 is 0 Å². The van der Waals surface area contributed by atoms with E-state index >= 15 is 0 Å². The van der Waals surface area contributed by atoms with Crippen LogP contribution in [0.1, 0.15) is 25.0 Å². The van der Waals surface area contributed by atoms with Crippen LogP contribution < -0.4 is 0 Å². The number of aliphatic hydroxyl groups is 1. The molecule has 0 aliphatic heterocycles. The Morgan fingerprint density at radius 1 is 1.50 bits per heavy atom. The number of aryl methyl sites for hydroxylation is 1. The average molecular weight is 165 g/mol. The molecule has 0 spiro atoms. The molecule has 12 heavy (non-hydrogen) atoms. The first-order valence-corrected chi connectivity index (χ1v) is 4.11. The summed E-state index contributed by atoms with van der Waals surface area (Å²) < 4.78 is 0. The Bertz CT molecular complexity index is 263. The molecule has 0 unspecified atom stereocenters. The molecule has 1 rings (SSSR count). The zero-order valence-corrected chi connectivity index (χ0v) is 7.83. The Kier molecular flexibility index (Phi) is 2.48. The maximum Gasteiger partial charge on any atom is 0.0632 e. The van der Waals surface area contributed by atoms with Crippen molar-refractivity contribution in [2.75, 3.05) is 0 Å². The van der Waals surface area contributed by atoms with Crippen molar-refractivity contribution in [3.05, 3.63) is 29.6 Å². The lowest BCUT2D eigenvalue weighted by Gasteiger charge is -2.17. The van der Waals surface area contributed by atoms with Gasteiger partial charge in [0.15, 0.2) is 0 Å². The third kappa shape index (κ3) is 2.62. The van der Waals surface area contributed by atoms with E-state index in [2.05, 4.69) is 4.98 Å². The highest BCUT2D eigenvalue weighted by molar-refractivity contribution is 5.22. The molecule has 1 N–H and O–H groups in total.